The molecule has 1 saturated heterocycles. The lowest BCUT2D eigenvalue weighted by molar-refractivity contribution is 0.0251. The molecule has 34 heavy (non-hydrogen) atoms. The predicted molar refractivity (Wildman–Crippen MR) is 133 cm³/mol. The van der Waals surface area contributed by atoms with E-state index in [9.17, 15) is 9.59 Å². The van der Waals surface area contributed by atoms with Crippen LogP contribution in [0.2, 0.25) is 0 Å². The largest absolute Gasteiger partial charge is 0.444 e. The minimum atomic E-state index is -0.583. The molecule has 2 aromatic heterocycles. The smallest absolute Gasteiger partial charge is 0.410 e. The van der Waals surface area contributed by atoms with E-state index in [2.05, 4.69) is 9.97 Å². The summed E-state index contributed by atoms with van der Waals surface area (Å²) in [6, 6.07) is 11.4. The van der Waals surface area contributed by atoms with Crippen molar-refractivity contribution in [2.24, 2.45) is 5.92 Å². The zero-order chi connectivity index (χ0) is 24.5. The summed E-state index contributed by atoms with van der Waals surface area (Å²) in [7, 11) is 1.63. The Hall–Kier alpha value is -2.91. The van der Waals surface area contributed by atoms with Gasteiger partial charge < -0.3 is 14.4 Å². The van der Waals surface area contributed by atoms with E-state index in [1.54, 1.807) is 22.8 Å². The number of fused-ring (bicyclic) bond motifs is 1. The molecule has 1 aliphatic heterocycles. The van der Waals surface area contributed by atoms with Crippen LogP contribution in [0.4, 0.5) is 4.79 Å². The summed E-state index contributed by atoms with van der Waals surface area (Å²) in [5.41, 5.74) is 1.29. The van der Waals surface area contributed by atoms with E-state index >= 15 is 0 Å². The third-order valence-corrected chi connectivity index (χ3v) is 6.39. The van der Waals surface area contributed by atoms with Crippen molar-refractivity contribution in [1.82, 2.24) is 19.4 Å². The number of carbonyl (C=O) groups excluding carboxylic acids is 1. The zero-order valence-corrected chi connectivity index (χ0v) is 21.0. The molecule has 1 amide bonds. The van der Waals surface area contributed by atoms with Crippen molar-refractivity contribution in [1.29, 1.82) is 0 Å². The van der Waals surface area contributed by atoms with Gasteiger partial charge in [-0.3, -0.25) is 9.36 Å². The van der Waals surface area contributed by atoms with Gasteiger partial charge in [0.05, 0.1) is 12.6 Å². The molecule has 0 N–H and O–H groups in total. The van der Waals surface area contributed by atoms with Crippen molar-refractivity contribution >= 4 is 28.9 Å². The Morgan fingerprint density at radius 3 is 2.59 bits per heavy atom. The Morgan fingerprint density at radius 1 is 1.21 bits per heavy atom. The number of thioether (sulfide) groups is 1. The molecule has 1 aliphatic rings. The number of nitrogens with zero attached hydrogens (tertiary/aromatic N) is 4. The summed E-state index contributed by atoms with van der Waals surface area (Å²) < 4.78 is 13.0. The van der Waals surface area contributed by atoms with Gasteiger partial charge in [0.15, 0.2) is 5.16 Å². The van der Waals surface area contributed by atoms with Gasteiger partial charge in [0, 0.05) is 43.3 Å². The highest BCUT2D eigenvalue weighted by Crippen LogP contribution is 2.26. The lowest BCUT2D eigenvalue weighted by Gasteiger charge is -2.24. The van der Waals surface area contributed by atoms with Crippen molar-refractivity contribution < 1.29 is 14.3 Å². The number of rotatable bonds is 5. The highest BCUT2D eigenvalue weighted by Gasteiger charge is 2.38. The molecular weight excluding hydrogens is 452 g/mol. The molecule has 180 valence electrons. The Morgan fingerprint density at radius 2 is 1.94 bits per heavy atom. The van der Waals surface area contributed by atoms with Crippen LogP contribution < -0.4 is 5.56 Å². The molecule has 0 radical (unpaired) electrons. The van der Waals surface area contributed by atoms with Gasteiger partial charge in [0.2, 0.25) is 0 Å². The number of methoxy groups -OCH3 is 1. The topological polar surface area (TPSA) is 86.5 Å². The van der Waals surface area contributed by atoms with E-state index < -0.39 is 5.60 Å². The monoisotopic (exact) mass is 482 g/mol. The zero-order valence-electron chi connectivity index (χ0n) is 20.1. The number of amides is 1. The third kappa shape index (κ3) is 5.10. The minimum absolute atomic E-state index is 0.0999. The molecule has 0 spiro atoms. The number of benzene rings is 1. The van der Waals surface area contributed by atoms with Gasteiger partial charge in [0.25, 0.3) is 5.56 Å². The van der Waals surface area contributed by atoms with Crippen LogP contribution in [0.5, 0.6) is 0 Å². The van der Waals surface area contributed by atoms with E-state index in [1.165, 1.54) is 11.8 Å². The van der Waals surface area contributed by atoms with Crippen molar-refractivity contribution in [2.45, 2.75) is 44.2 Å². The van der Waals surface area contributed by atoms with Gasteiger partial charge in [-0.2, -0.15) is 0 Å². The normalized spacial score (nSPS) is 18.4. The van der Waals surface area contributed by atoms with Crippen LogP contribution in [0.3, 0.4) is 0 Å². The lowest BCUT2D eigenvalue weighted by Crippen LogP contribution is -2.36. The Labute approximate surface area is 203 Å². The van der Waals surface area contributed by atoms with Crippen LogP contribution in [-0.4, -0.2) is 63.7 Å². The van der Waals surface area contributed by atoms with E-state index in [1.807, 2.05) is 63.4 Å². The lowest BCUT2D eigenvalue weighted by atomic mass is 10.0. The Kier molecular flexibility index (Phi) is 6.95. The van der Waals surface area contributed by atoms with Gasteiger partial charge >= 0.3 is 6.09 Å². The van der Waals surface area contributed by atoms with Gasteiger partial charge in [-0.05, 0) is 38.7 Å². The number of likely N-dealkylation sites (tertiary alicyclic amines) is 1. The number of hydrogen-bond acceptors (Lipinski definition) is 7. The molecule has 0 aliphatic carbocycles. The summed E-state index contributed by atoms with van der Waals surface area (Å²) in [4.78, 5) is 37.1. The minimum Gasteiger partial charge on any atom is -0.444 e. The average molecular weight is 483 g/mol. The molecule has 1 fully saturated rings. The highest BCUT2D eigenvalue weighted by molar-refractivity contribution is 7.98. The van der Waals surface area contributed by atoms with Crippen molar-refractivity contribution in [3.05, 3.63) is 52.9 Å². The van der Waals surface area contributed by atoms with Crippen LogP contribution >= 0.6 is 11.8 Å². The first-order chi connectivity index (χ1) is 16.2. The molecule has 2 atom stereocenters. The Bertz CT molecular complexity index is 1240. The number of pyridine rings is 1. The second-order valence-electron chi connectivity index (χ2n) is 9.40. The molecule has 8 nitrogen and oxygen atoms in total. The average Bonchev–Trinajstić information content (AvgIpc) is 3.23. The number of ether oxygens (including phenoxy) is 2. The van der Waals surface area contributed by atoms with E-state index in [4.69, 9.17) is 9.47 Å². The first kappa shape index (κ1) is 24.2. The number of aromatic nitrogens is 3. The van der Waals surface area contributed by atoms with Crippen molar-refractivity contribution in [3.63, 3.8) is 0 Å². The van der Waals surface area contributed by atoms with Gasteiger partial charge in [-0.15, -0.1) is 0 Å². The van der Waals surface area contributed by atoms with Crippen LogP contribution in [0.1, 0.15) is 20.8 Å². The fraction of sp³-hybridized carbons (Fsp3) is 0.440. The molecule has 9 heteroatoms. The second-order valence-corrected chi connectivity index (χ2v) is 10.2. The molecule has 3 heterocycles. The fourth-order valence-electron chi connectivity index (χ4n) is 4.23. The molecule has 4 rings (SSSR count). The fourth-order valence-corrected chi connectivity index (χ4v) is 4.57. The molecular formula is C25H30N4O4S. The van der Waals surface area contributed by atoms with E-state index in [-0.39, 0.29) is 23.7 Å². The Balaban J connectivity index is 1.74. The van der Waals surface area contributed by atoms with E-state index in [0.29, 0.717) is 36.0 Å². The van der Waals surface area contributed by atoms with Gasteiger partial charge in [0.1, 0.15) is 11.2 Å². The second kappa shape index (κ2) is 9.76. The van der Waals surface area contributed by atoms with Gasteiger partial charge in [-0.25, -0.2) is 14.8 Å². The molecule has 0 saturated carbocycles. The third-order valence-electron chi connectivity index (χ3n) is 5.82. The van der Waals surface area contributed by atoms with Crippen molar-refractivity contribution in [3.8, 4) is 11.1 Å². The number of hydrogen-bond donors (Lipinski definition) is 0. The van der Waals surface area contributed by atoms with Crippen LogP contribution in [0.25, 0.3) is 22.2 Å². The van der Waals surface area contributed by atoms with Crippen LogP contribution in [-0.2, 0) is 16.0 Å². The molecule has 3 aromatic rings. The maximum atomic E-state index is 13.7. The maximum Gasteiger partial charge on any atom is 0.410 e. The van der Waals surface area contributed by atoms with Crippen LogP contribution in [0.15, 0.2) is 52.5 Å². The van der Waals surface area contributed by atoms with Crippen LogP contribution in [0, 0.1) is 5.92 Å². The van der Waals surface area contributed by atoms with Gasteiger partial charge in [-0.1, -0.05) is 42.1 Å². The summed E-state index contributed by atoms with van der Waals surface area (Å²) in [5, 5.41) is 1.38. The summed E-state index contributed by atoms with van der Waals surface area (Å²) >= 11 is 1.42. The maximum absolute atomic E-state index is 13.7. The SMILES string of the molecule is CO[C@H]1CN(C(=O)OC(C)(C)C)C[C@@H]1Cn1c(=O)c(-c2ccccc2)cc2cnc(SC)nc21. The molecule has 1 aromatic carbocycles. The standard InChI is InChI=1S/C25H30N4O4S/c1-25(2,3)33-24(31)28-13-18(20(15-28)32-4)14-29-21-17(12-26-23(27-21)34-5)11-19(22(29)30)16-9-7-6-8-10-16/h6-12,18,20H,13-15H2,1-5H3/t18-,20+/m1/s1. The van der Waals surface area contributed by atoms with E-state index in [0.717, 1.165) is 10.9 Å². The predicted octanol–water partition coefficient (Wildman–Crippen LogP) is 4.06. The first-order valence-electron chi connectivity index (χ1n) is 11.2. The number of carbonyl (C=O) groups is 1. The summed E-state index contributed by atoms with van der Waals surface area (Å²) in [5.74, 6) is -0.0999. The van der Waals surface area contributed by atoms with Crippen molar-refractivity contribution in [2.75, 3.05) is 26.5 Å². The highest BCUT2D eigenvalue weighted by atomic mass is 32.2. The molecule has 0 bridgehead atoms. The first-order valence-corrected chi connectivity index (χ1v) is 12.4. The molecule has 0 unspecified atom stereocenters. The summed E-state index contributed by atoms with van der Waals surface area (Å²) in [6.07, 6.45) is 3.06. The quantitative estimate of drug-likeness (QED) is 0.400. The summed E-state index contributed by atoms with van der Waals surface area (Å²) in [6.45, 7) is 6.73.